The average Bonchev–Trinajstić information content (AvgIpc) is 3.20. The molecule has 4 aliphatic carbocycles. The molecule has 0 aromatic rings. The summed E-state index contributed by atoms with van der Waals surface area (Å²) >= 11 is 0. The van der Waals surface area contributed by atoms with Gasteiger partial charge < -0.3 is 14.6 Å². The summed E-state index contributed by atoms with van der Waals surface area (Å²) < 4.78 is 12.9. The van der Waals surface area contributed by atoms with Crippen LogP contribution in [0.4, 0.5) is 0 Å². The number of ether oxygens (including phenoxy) is 2. The van der Waals surface area contributed by atoms with Crippen LogP contribution < -0.4 is 0 Å². The Kier molecular flexibility index (Phi) is 4.93. The van der Waals surface area contributed by atoms with Crippen LogP contribution in [0, 0.1) is 28.6 Å². The Morgan fingerprint density at radius 3 is 2.77 bits per heavy atom. The molecule has 0 bridgehead atoms. The van der Waals surface area contributed by atoms with E-state index in [2.05, 4.69) is 20.8 Å². The van der Waals surface area contributed by atoms with Crippen molar-refractivity contribution < 1.29 is 24.2 Å². The molecule has 5 aliphatic rings. The van der Waals surface area contributed by atoms with Crippen LogP contribution in [-0.4, -0.2) is 40.8 Å². The molecule has 0 radical (unpaired) electrons. The van der Waals surface area contributed by atoms with Crippen LogP contribution in [0.2, 0.25) is 0 Å². The van der Waals surface area contributed by atoms with Crippen molar-refractivity contribution in [2.24, 2.45) is 28.6 Å². The van der Waals surface area contributed by atoms with E-state index in [1.54, 1.807) is 12.2 Å². The molecule has 0 aromatic heterocycles. The maximum absolute atomic E-state index is 13.5. The van der Waals surface area contributed by atoms with Crippen LogP contribution in [0.15, 0.2) is 23.8 Å². The lowest BCUT2D eigenvalue weighted by molar-refractivity contribution is -0.199. The summed E-state index contributed by atoms with van der Waals surface area (Å²) in [6.07, 6.45) is 9.67. The summed E-state index contributed by atoms with van der Waals surface area (Å²) in [7, 11) is 0. The van der Waals surface area contributed by atoms with Crippen molar-refractivity contribution in [2.45, 2.75) is 96.7 Å². The summed E-state index contributed by atoms with van der Waals surface area (Å²) in [5.41, 5.74) is -0.548. The lowest BCUT2D eigenvalue weighted by Gasteiger charge is -2.59. The first-order chi connectivity index (χ1) is 14.7. The van der Waals surface area contributed by atoms with E-state index in [0.717, 1.165) is 37.7 Å². The van der Waals surface area contributed by atoms with Crippen LogP contribution in [0.1, 0.15) is 72.6 Å². The predicted octanol–water partition coefficient (Wildman–Crippen LogP) is 4.13. The molecule has 31 heavy (non-hydrogen) atoms. The third-order valence-corrected chi connectivity index (χ3v) is 9.55. The van der Waals surface area contributed by atoms with E-state index in [-0.39, 0.29) is 47.1 Å². The quantitative estimate of drug-likeness (QED) is 0.729. The number of hydrogen-bond donors (Lipinski definition) is 1. The summed E-state index contributed by atoms with van der Waals surface area (Å²) in [5.74, 6) is 0.755. The normalized spacial score (nSPS) is 50.4. The Labute approximate surface area is 185 Å². The predicted molar refractivity (Wildman–Crippen MR) is 116 cm³/mol. The van der Waals surface area contributed by atoms with Gasteiger partial charge in [0.2, 0.25) is 0 Å². The van der Waals surface area contributed by atoms with Gasteiger partial charge in [0.05, 0.1) is 12.2 Å². The van der Waals surface area contributed by atoms with Crippen molar-refractivity contribution in [2.75, 3.05) is 0 Å². The second kappa shape index (κ2) is 7.10. The van der Waals surface area contributed by atoms with E-state index in [1.807, 2.05) is 13.0 Å². The molecule has 1 saturated heterocycles. The number of fused-ring (bicyclic) bond motifs is 7. The van der Waals surface area contributed by atoms with E-state index in [4.69, 9.17) is 9.47 Å². The summed E-state index contributed by atoms with van der Waals surface area (Å²) in [6, 6.07) is 0. The van der Waals surface area contributed by atoms with E-state index in [0.29, 0.717) is 12.8 Å². The zero-order valence-corrected chi connectivity index (χ0v) is 19.2. The van der Waals surface area contributed by atoms with Gasteiger partial charge in [-0.15, -0.1) is 0 Å². The van der Waals surface area contributed by atoms with Gasteiger partial charge >= 0.3 is 0 Å². The third-order valence-electron chi connectivity index (χ3n) is 9.55. The SMILES string of the molecule is CCCC1OC2CC3C4CCC5=CC(=O)C=C[C@@]5(C)C4C(O)CC3(C)C2(C(=O)CC)O1. The highest BCUT2D eigenvalue weighted by atomic mass is 16.7. The number of hydrogen-bond acceptors (Lipinski definition) is 5. The Bertz CT molecular complexity index is 860. The third kappa shape index (κ3) is 2.66. The van der Waals surface area contributed by atoms with Crippen molar-refractivity contribution in [3.63, 3.8) is 0 Å². The van der Waals surface area contributed by atoms with E-state index >= 15 is 0 Å². The molecule has 1 N–H and O–H groups in total. The smallest absolute Gasteiger partial charge is 0.178 e. The van der Waals surface area contributed by atoms with E-state index in [9.17, 15) is 14.7 Å². The van der Waals surface area contributed by atoms with Gasteiger partial charge in [0.1, 0.15) is 0 Å². The number of ketones is 2. The van der Waals surface area contributed by atoms with Crippen LogP contribution in [0.5, 0.6) is 0 Å². The van der Waals surface area contributed by atoms with Crippen molar-refractivity contribution >= 4 is 11.6 Å². The molecule has 0 spiro atoms. The number of allylic oxidation sites excluding steroid dienone is 4. The fourth-order valence-corrected chi connectivity index (χ4v) is 8.27. The largest absolute Gasteiger partial charge is 0.393 e. The van der Waals surface area contributed by atoms with Crippen molar-refractivity contribution in [1.82, 2.24) is 0 Å². The lowest BCUT2D eigenvalue weighted by atomic mass is 9.46. The van der Waals surface area contributed by atoms with Gasteiger partial charge in [-0.05, 0) is 56.1 Å². The Morgan fingerprint density at radius 2 is 2.06 bits per heavy atom. The Balaban J connectivity index is 1.55. The second-order valence-corrected chi connectivity index (χ2v) is 10.9. The molecule has 5 nitrogen and oxygen atoms in total. The van der Waals surface area contributed by atoms with Crippen LogP contribution in [-0.2, 0) is 19.1 Å². The fourth-order valence-electron chi connectivity index (χ4n) is 8.27. The van der Waals surface area contributed by atoms with Crippen LogP contribution >= 0.6 is 0 Å². The maximum Gasteiger partial charge on any atom is 0.178 e. The number of carbonyl (C=O) groups is 2. The molecule has 1 aliphatic heterocycles. The number of rotatable bonds is 4. The van der Waals surface area contributed by atoms with Gasteiger partial charge in [0.25, 0.3) is 0 Å². The fraction of sp³-hybridized carbons (Fsp3) is 0.769. The van der Waals surface area contributed by atoms with Crippen molar-refractivity contribution in [3.8, 4) is 0 Å². The van der Waals surface area contributed by atoms with Crippen LogP contribution in [0.25, 0.3) is 0 Å². The van der Waals surface area contributed by atoms with Crippen molar-refractivity contribution in [3.05, 3.63) is 23.8 Å². The van der Waals surface area contributed by atoms with Gasteiger partial charge in [0.15, 0.2) is 23.5 Å². The first-order valence-corrected chi connectivity index (χ1v) is 12.2. The molecule has 9 atom stereocenters. The first kappa shape index (κ1) is 21.5. The molecule has 8 unspecified atom stereocenters. The molecule has 5 heteroatoms. The summed E-state index contributed by atoms with van der Waals surface area (Å²) in [4.78, 5) is 25.5. The topological polar surface area (TPSA) is 72.8 Å². The van der Waals surface area contributed by atoms with E-state index in [1.165, 1.54) is 0 Å². The molecule has 0 amide bonds. The minimum Gasteiger partial charge on any atom is -0.393 e. The number of aliphatic hydroxyl groups excluding tert-OH is 1. The highest BCUT2D eigenvalue weighted by molar-refractivity contribution is 6.01. The Hall–Kier alpha value is -1.30. The summed E-state index contributed by atoms with van der Waals surface area (Å²) in [5, 5.41) is 11.6. The molecule has 3 saturated carbocycles. The number of carbonyl (C=O) groups excluding carboxylic acids is 2. The summed E-state index contributed by atoms with van der Waals surface area (Å²) in [6.45, 7) is 8.37. The van der Waals surface area contributed by atoms with Gasteiger partial charge in [-0.25, -0.2) is 0 Å². The highest BCUT2D eigenvalue weighted by Gasteiger charge is 2.75. The number of aliphatic hydroxyl groups is 1. The molecule has 4 fully saturated rings. The first-order valence-electron chi connectivity index (χ1n) is 12.2. The molecule has 0 aromatic carbocycles. The minimum absolute atomic E-state index is 0.0488. The average molecular weight is 429 g/mol. The second-order valence-electron chi connectivity index (χ2n) is 10.9. The van der Waals surface area contributed by atoms with Gasteiger partial charge in [-0.1, -0.05) is 45.8 Å². The zero-order chi connectivity index (χ0) is 22.2. The monoisotopic (exact) mass is 428 g/mol. The number of Topliss-reactive ketones (excluding diaryl/α,β-unsaturated/α-hetero) is 1. The van der Waals surface area contributed by atoms with E-state index < -0.39 is 17.1 Å². The maximum atomic E-state index is 13.5. The molecule has 1 heterocycles. The van der Waals surface area contributed by atoms with Crippen LogP contribution in [0.3, 0.4) is 0 Å². The minimum atomic E-state index is -0.951. The lowest BCUT2D eigenvalue weighted by Crippen LogP contribution is -2.63. The highest BCUT2D eigenvalue weighted by Crippen LogP contribution is 2.69. The van der Waals surface area contributed by atoms with Gasteiger partial charge in [-0.2, -0.15) is 0 Å². The zero-order valence-electron chi connectivity index (χ0n) is 19.2. The molecule has 5 rings (SSSR count). The molecule has 170 valence electrons. The molecular formula is C26H36O5. The molecular weight excluding hydrogens is 392 g/mol. The van der Waals surface area contributed by atoms with Gasteiger partial charge in [0, 0.05) is 23.2 Å². The van der Waals surface area contributed by atoms with Crippen molar-refractivity contribution in [1.29, 1.82) is 0 Å². The van der Waals surface area contributed by atoms with Gasteiger partial charge in [-0.3, -0.25) is 9.59 Å². The standard InChI is InChI=1S/C26H36O5/c1-5-7-22-30-21-13-18-17-9-8-15-12-16(27)10-11-24(15,3)23(17)19(28)14-25(18,4)26(21,31-22)20(29)6-2/h10-12,17-19,21-23,28H,5-9,13-14H2,1-4H3/t17?,18?,19?,21?,22?,23?,24-,25?,26?/m1/s1. The Morgan fingerprint density at radius 1 is 1.29 bits per heavy atom.